The number of amides is 2. The molecule has 3 aliphatic heterocycles. The van der Waals surface area contributed by atoms with Gasteiger partial charge >= 0.3 is 5.97 Å². The number of halogens is 1. The maximum atomic E-state index is 14.3. The van der Waals surface area contributed by atoms with Gasteiger partial charge in [0, 0.05) is 19.7 Å². The van der Waals surface area contributed by atoms with E-state index < -0.39 is 35.0 Å². The fourth-order valence-electron chi connectivity index (χ4n) is 6.34. The van der Waals surface area contributed by atoms with Crippen molar-refractivity contribution >= 4 is 35.1 Å². The average molecular weight is 517 g/mol. The Morgan fingerprint density at radius 3 is 2.69 bits per heavy atom. The molecule has 0 aromatic heterocycles. The lowest BCUT2D eigenvalue weighted by Gasteiger charge is -2.37. The number of rotatable bonds is 10. The molecular formula is C27H33ClN2O6. The lowest BCUT2D eigenvalue weighted by atomic mass is 9.62. The number of nitrogens with zero attached hydrogens (tertiary/aromatic N) is 2. The van der Waals surface area contributed by atoms with Crippen LogP contribution in [0.1, 0.15) is 26.7 Å². The zero-order valence-corrected chi connectivity index (χ0v) is 21.4. The maximum absolute atomic E-state index is 14.3. The number of ether oxygens (including phenoxy) is 2. The van der Waals surface area contributed by atoms with Crippen LogP contribution >= 0.6 is 11.6 Å². The predicted molar refractivity (Wildman–Crippen MR) is 135 cm³/mol. The van der Waals surface area contributed by atoms with Crippen LogP contribution in [0.3, 0.4) is 0 Å². The molecule has 3 saturated heterocycles. The van der Waals surface area contributed by atoms with Gasteiger partial charge in [0.05, 0.1) is 22.2 Å². The molecular weight excluding hydrogens is 484 g/mol. The van der Waals surface area contributed by atoms with Gasteiger partial charge in [-0.05, 0) is 37.8 Å². The van der Waals surface area contributed by atoms with Crippen LogP contribution in [-0.4, -0.2) is 71.3 Å². The molecule has 0 radical (unpaired) electrons. The first-order valence-corrected chi connectivity index (χ1v) is 12.6. The molecule has 4 rings (SSSR count). The number of aliphatic hydroxyl groups excluding tert-OH is 1. The van der Waals surface area contributed by atoms with E-state index in [4.69, 9.17) is 21.1 Å². The molecule has 0 aliphatic carbocycles. The molecule has 36 heavy (non-hydrogen) atoms. The maximum Gasteiger partial charge on any atom is 0.313 e. The number of hydrogen-bond acceptors (Lipinski definition) is 6. The number of anilines is 1. The average Bonchev–Trinajstić information content (AvgIpc) is 3.36. The van der Waals surface area contributed by atoms with Crippen molar-refractivity contribution in [3.05, 3.63) is 54.6 Å². The molecule has 2 amide bonds. The molecule has 1 aromatic rings. The number of aliphatic hydroxyl groups is 1. The van der Waals surface area contributed by atoms with Crippen molar-refractivity contribution in [2.75, 3.05) is 31.2 Å². The molecule has 3 heterocycles. The molecule has 9 heteroatoms. The molecule has 194 valence electrons. The zero-order chi connectivity index (χ0) is 26.3. The van der Waals surface area contributed by atoms with Crippen molar-refractivity contribution < 1.29 is 29.0 Å². The number of benzene rings is 1. The summed E-state index contributed by atoms with van der Waals surface area (Å²) >= 11 is 6.46. The van der Waals surface area contributed by atoms with E-state index in [0.29, 0.717) is 17.1 Å². The second-order valence-electron chi connectivity index (χ2n) is 9.92. The van der Waals surface area contributed by atoms with Gasteiger partial charge in [0.15, 0.2) is 0 Å². The lowest BCUT2D eigenvalue weighted by molar-refractivity contribution is -0.160. The summed E-state index contributed by atoms with van der Waals surface area (Å²) in [6, 6.07) is 5.98. The van der Waals surface area contributed by atoms with Gasteiger partial charge < -0.3 is 24.4 Å². The van der Waals surface area contributed by atoms with Gasteiger partial charge in [0.25, 0.3) is 5.91 Å². The van der Waals surface area contributed by atoms with Gasteiger partial charge in [-0.25, -0.2) is 0 Å². The highest BCUT2D eigenvalue weighted by Gasteiger charge is 2.80. The molecule has 3 fully saturated rings. The van der Waals surface area contributed by atoms with E-state index in [-0.39, 0.29) is 50.5 Å². The highest BCUT2D eigenvalue weighted by Crippen LogP contribution is 2.65. The quantitative estimate of drug-likeness (QED) is 0.379. The molecule has 1 spiro atoms. The Morgan fingerprint density at radius 2 is 2.06 bits per heavy atom. The van der Waals surface area contributed by atoms with E-state index in [1.165, 1.54) is 15.9 Å². The second kappa shape index (κ2) is 10.00. The number of fused-ring (bicyclic) bond motifs is 1. The van der Waals surface area contributed by atoms with Gasteiger partial charge in [-0.2, -0.15) is 0 Å². The SMILES string of the molecule is C=CCOC(=O)[C@@H]1[C@H]2C(=O)N(CCCO)C(C(=O)N(CC=C)c3ccccc3Cl)C23CC(C)[C@@]1(C)O3. The Labute approximate surface area is 216 Å². The number of carbonyl (C=O) groups excluding carboxylic acids is 3. The molecule has 3 aliphatic rings. The Morgan fingerprint density at radius 1 is 1.33 bits per heavy atom. The zero-order valence-electron chi connectivity index (χ0n) is 20.7. The van der Waals surface area contributed by atoms with Crippen molar-refractivity contribution in [3.63, 3.8) is 0 Å². The Hall–Kier alpha value is -2.68. The van der Waals surface area contributed by atoms with Gasteiger partial charge in [-0.3, -0.25) is 14.4 Å². The van der Waals surface area contributed by atoms with Crippen LogP contribution in [0.4, 0.5) is 5.69 Å². The topological polar surface area (TPSA) is 96.4 Å². The number of likely N-dealkylation sites (tertiary alicyclic amines) is 1. The van der Waals surface area contributed by atoms with Gasteiger partial charge in [0.2, 0.25) is 5.91 Å². The second-order valence-corrected chi connectivity index (χ2v) is 10.3. The molecule has 1 aromatic carbocycles. The standard InChI is InChI=1S/C27H33ClN2O6/c1-5-12-29(19-11-8-7-10-18(19)28)24(33)22-27-16-17(3)26(4,36-27)21(25(34)35-15-6-2)20(27)23(32)30(22)13-9-14-31/h5-8,10-11,17,20-22,31H,1-2,9,12-16H2,3-4H3/t17?,20-,21-,22?,26+,27?/m0/s1. The molecule has 3 unspecified atom stereocenters. The minimum Gasteiger partial charge on any atom is -0.461 e. The number of esters is 1. The van der Waals surface area contributed by atoms with E-state index in [1.807, 2.05) is 13.8 Å². The third kappa shape index (κ3) is 3.86. The fraction of sp³-hybridized carbons (Fsp3) is 0.519. The molecule has 1 N–H and O–H groups in total. The summed E-state index contributed by atoms with van der Waals surface area (Å²) in [6.07, 6.45) is 3.78. The molecule has 2 bridgehead atoms. The highest BCUT2D eigenvalue weighted by atomic mass is 35.5. The Bertz CT molecular complexity index is 1080. The van der Waals surface area contributed by atoms with Crippen LogP contribution in [0.5, 0.6) is 0 Å². The van der Waals surface area contributed by atoms with Gasteiger partial charge in [-0.15, -0.1) is 6.58 Å². The summed E-state index contributed by atoms with van der Waals surface area (Å²) in [5, 5.41) is 9.90. The van der Waals surface area contributed by atoms with Crippen LogP contribution in [0, 0.1) is 17.8 Å². The first-order chi connectivity index (χ1) is 17.2. The third-order valence-corrected chi connectivity index (χ3v) is 8.24. The van der Waals surface area contributed by atoms with E-state index in [1.54, 1.807) is 30.3 Å². The normalized spacial score (nSPS) is 32.3. The van der Waals surface area contributed by atoms with Crippen LogP contribution in [-0.2, 0) is 23.9 Å². The van der Waals surface area contributed by atoms with E-state index in [2.05, 4.69) is 13.2 Å². The first-order valence-electron chi connectivity index (χ1n) is 12.2. The minimum absolute atomic E-state index is 0.0178. The predicted octanol–water partition coefficient (Wildman–Crippen LogP) is 2.98. The summed E-state index contributed by atoms with van der Waals surface area (Å²) in [5.41, 5.74) is -1.68. The Balaban J connectivity index is 1.82. The van der Waals surface area contributed by atoms with E-state index >= 15 is 0 Å². The van der Waals surface area contributed by atoms with Crippen LogP contribution in [0.15, 0.2) is 49.6 Å². The van der Waals surface area contributed by atoms with Crippen molar-refractivity contribution in [2.24, 2.45) is 17.8 Å². The Kier molecular flexibility index (Phi) is 7.33. The number of carbonyl (C=O) groups is 3. The first kappa shape index (κ1) is 26.4. The number of para-hydroxylation sites is 1. The highest BCUT2D eigenvalue weighted by molar-refractivity contribution is 6.34. The number of hydrogen-bond donors (Lipinski definition) is 1. The smallest absolute Gasteiger partial charge is 0.313 e. The lowest BCUT2D eigenvalue weighted by Crippen LogP contribution is -2.57. The minimum atomic E-state index is -1.21. The van der Waals surface area contributed by atoms with Crippen LogP contribution in [0.2, 0.25) is 5.02 Å². The van der Waals surface area contributed by atoms with Crippen molar-refractivity contribution in [1.82, 2.24) is 4.90 Å². The summed E-state index contributed by atoms with van der Waals surface area (Å²) in [6.45, 7) is 11.4. The summed E-state index contributed by atoms with van der Waals surface area (Å²) in [4.78, 5) is 44.5. The van der Waals surface area contributed by atoms with Crippen molar-refractivity contribution in [3.8, 4) is 0 Å². The van der Waals surface area contributed by atoms with Crippen LogP contribution < -0.4 is 4.90 Å². The summed E-state index contributed by atoms with van der Waals surface area (Å²) in [7, 11) is 0. The molecule has 8 nitrogen and oxygen atoms in total. The largest absolute Gasteiger partial charge is 0.461 e. The van der Waals surface area contributed by atoms with E-state index in [0.717, 1.165) is 0 Å². The third-order valence-electron chi connectivity index (χ3n) is 7.92. The van der Waals surface area contributed by atoms with Crippen molar-refractivity contribution in [2.45, 2.75) is 43.9 Å². The van der Waals surface area contributed by atoms with Gasteiger partial charge in [0.1, 0.15) is 24.2 Å². The monoisotopic (exact) mass is 516 g/mol. The van der Waals surface area contributed by atoms with Gasteiger partial charge in [-0.1, -0.05) is 49.4 Å². The fourth-order valence-corrected chi connectivity index (χ4v) is 6.58. The summed E-state index contributed by atoms with van der Waals surface area (Å²) in [5.74, 6) is -3.08. The summed E-state index contributed by atoms with van der Waals surface area (Å²) < 4.78 is 12.1. The van der Waals surface area contributed by atoms with Crippen LogP contribution in [0.25, 0.3) is 0 Å². The van der Waals surface area contributed by atoms with E-state index in [9.17, 15) is 19.5 Å². The molecule has 6 atom stereocenters. The van der Waals surface area contributed by atoms with Crippen molar-refractivity contribution in [1.29, 1.82) is 0 Å². The molecule has 0 saturated carbocycles.